The van der Waals surface area contributed by atoms with Crippen LogP contribution in [0.5, 0.6) is 0 Å². The van der Waals surface area contributed by atoms with E-state index < -0.39 is 12.7 Å². The van der Waals surface area contributed by atoms with Crippen LogP contribution in [0.3, 0.4) is 0 Å². The van der Waals surface area contributed by atoms with E-state index in [0.29, 0.717) is 18.5 Å². The average Bonchev–Trinajstić information content (AvgIpc) is 3.04. The largest absolute Gasteiger partial charge is 0.401 e. The van der Waals surface area contributed by atoms with Gasteiger partial charge in [0.1, 0.15) is 6.23 Å². The van der Waals surface area contributed by atoms with E-state index in [4.69, 9.17) is 4.74 Å². The summed E-state index contributed by atoms with van der Waals surface area (Å²) in [5.41, 5.74) is 0.271. The predicted octanol–water partition coefficient (Wildman–Crippen LogP) is 0.949. The van der Waals surface area contributed by atoms with E-state index in [9.17, 15) is 18.0 Å². The molecule has 0 radical (unpaired) electrons. The number of aromatic amines is 1. The van der Waals surface area contributed by atoms with Gasteiger partial charge in [-0.2, -0.15) is 13.2 Å². The number of hydrogen-bond donors (Lipinski definition) is 2. The number of imidazole rings is 1. The molecule has 1 saturated heterocycles. The smallest absolute Gasteiger partial charge is 0.353 e. The number of ether oxygens (including phenoxy) is 1. The number of nitrogens with zero attached hydrogens (tertiary/aromatic N) is 3. The van der Waals surface area contributed by atoms with E-state index in [1.165, 1.54) is 12.7 Å². The first-order chi connectivity index (χ1) is 10.4. The fourth-order valence-corrected chi connectivity index (χ4v) is 2.49. The second-order valence-electron chi connectivity index (χ2n) is 5.09. The second kappa shape index (κ2) is 5.69. The highest BCUT2D eigenvalue weighted by atomic mass is 19.4. The Hall–Kier alpha value is -1.94. The van der Waals surface area contributed by atoms with Crippen LogP contribution < -0.4 is 10.9 Å². The van der Waals surface area contributed by atoms with Crippen molar-refractivity contribution in [3.05, 3.63) is 23.0 Å². The molecule has 22 heavy (non-hydrogen) atoms. The molecule has 2 unspecified atom stereocenters. The van der Waals surface area contributed by atoms with Crippen molar-refractivity contribution < 1.29 is 17.9 Å². The Labute approximate surface area is 122 Å². The molecule has 10 heteroatoms. The van der Waals surface area contributed by atoms with E-state index in [0.717, 1.165) is 0 Å². The summed E-state index contributed by atoms with van der Waals surface area (Å²) in [6.07, 6.45) is -0.938. The van der Waals surface area contributed by atoms with E-state index in [2.05, 4.69) is 20.3 Å². The van der Waals surface area contributed by atoms with Crippen LogP contribution >= 0.6 is 0 Å². The van der Waals surface area contributed by atoms with Crippen molar-refractivity contribution in [1.29, 1.82) is 0 Å². The number of rotatable bonds is 4. The summed E-state index contributed by atoms with van der Waals surface area (Å²) in [6, 6.07) is 0. The van der Waals surface area contributed by atoms with E-state index in [1.807, 2.05) is 0 Å². The van der Waals surface area contributed by atoms with E-state index in [1.54, 1.807) is 4.57 Å². The Kier molecular flexibility index (Phi) is 3.87. The minimum Gasteiger partial charge on any atom is -0.353 e. The molecule has 0 aliphatic carbocycles. The lowest BCUT2D eigenvalue weighted by atomic mass is 10.2. The molecule has 0 spiro atoms. The number of hydrogen-bond acceptors (Lipinski definition) is 5. The SMILES string of the molecule is O=c1[nH]cnc2c1ncn2C1CCC(CNCC(F)(F)F)O1. The van der Waals surface area contributed by atoms with Gasteiger partial charge in [-0.1, -0.05) is 0 Å². The van der Waals surface area contributed by atoms with Crippen molar-refractivity contribution in [2.45, 2.75) is 31.3 Å². The maximum absolute atomic E-state index is 12.1. The minimum atomic E-state index is -4.23. The molecule has 0 bridgehead atoms. The third-order valence-corrected chi connectivity index (χ3v) is 3.46. The zero-order valence-electron chi connectivity index (χ0n) is 11.4. The third-order valence-electron chi connectivity index (χ3n) is 3.46. The lowest BCUT2D eigenvalue weighted by Crippen LogP contribution is -2.34. The van der Waals surface area contributed by atoms with Crippen molar-refractivity contribution in [3.63, 3.8) is 0 Å². The molecule has 1 fully saturated rings. The van der Waals surface area contributed by atoms with Crippen LogP contribution in [0.25, 0.3) is 11.2 Å². The standard InChI is InChI=1S/C12H14F3N5O2/c13-12(14,15)4-16-3-7-1-2-8(22-7)20-6-19-9-10(20)17-5-18-11(9)21/h5-8,16H,1-4H2,(H,17,18,21). The third kappa shape index (κ3) is 3.12. The van der Waals surface area contributed by atoms with Crippen LogP contribution in [-0.4, -0.2) is 44.9 Å². The zero-order valence-corrected chi connectivity index (χ0v) is 11.4. The molecule has 2 aromatic heterocycles. The average molecular weight is 317 g/mol. The van der Waals surface area contributed by atoms with E-state index in [-0.39, 0.29) is 30.0 Å². The van der Waals surface area contributed by atoms with Crippen molar-refractivity contribution in [2.75, 3.05) is 13.1 Å². The van der Waals surface area contributed by atoms with Gasteiger partial charge in [-0.15, -0.1) is 0 Å². The molecule has 120 valence electrons. The molecule has 3 rings (SSSR count). The fraction of sp³-hybridized carbons (Fsp3) is 0.583. The maximum atomic E-state index is 12.1. The second-order valence-corrected chi connectivity index (χ2v) is 5.09. The lowest BCUT2D eigenvalue weighted by Gasteiger charge is -2.16. The summed E-state index contributed by atoms with van der Waals surface area (Å²) >= 11 is 0. The van der Waals surface area contributed by atoms with Gasteiger partial charge in [0.15, 0.2) is 11.2 Å². The van der Waals surface area contributed by atoms with E-state index >= 15 is 0 Å². The zero-order chi connectivity index (χ0) is 15.7. The van der Waals surface area contributed by atoms with Gasteiger partial charge in [0, 0.05) is 6.54 Å². The first-order valence-electron chi connectivity index (χ1n) is 6.77. The molecule has 2 N–H and O–H groups in total. The Balaban J connectivity index is 1.65. The molecular formula is C12H14F3N5O2. The Bertz CT molecular complexity index is 711. The van der Waals surface area contributed by atoms with Gasteiger partial charge in [0.2, 0.25) is 0 Å². The number of H-pyrrole nitrogens is 1. The van der Waals surface area contributed by atoms with Crippen LogP contribution in [0.2, 0.25) is 0 Å². The van der Waals surface area contributed by atoms with Gasteiger partial charge < -0.3 is 15.0 Å². The number of nitrogens with one attached hydrogen (secondary N) is 2. The normalized spacial score (nSPS) is 22.5. The molecule has 1 aliphatic heterocycles. The lowest BCUT2D eigenvalue weighted by molar-refractivity contribution is -0.126. The quantitative estimate of drug-likeness (QED) is 0.877. The first kappa shape index (κ1) is 15.0. The highest BCUT2D eigenvalue weighted by Gasteiger charge is 2.30. The van der Waals surface area contributed by atoms with Crippen molar-refractivity contribution in [1.82, 2.24) is 24.8 Å². The number of fused-ring (bicyclic) bond motifs is 1. The highest BCUT2D eigenvalue weighted by molar-refractivity contribution is 5.68. The van der Waals surface area contributed by atoms with Gasteiger partial charge in [-0.25, -0.2) is 9.97 Å². The van der Waals surface area contributed by atoms with Crippen molar-refractivity contribution in [3.8, 4) is 0 Å². The maximum Gasteiger partial charge on any atom is 0.401 e. The Morgan fingerprint density at radius 2 is 2.23 bits per heavy atom. The van der Waals surface area contributed by atoms with Crippen LogP contribution in [0.15, 0.2) is 17.4 Å². The van der Waals surface area contributed by atoms with Gasteiger partial charge in [-0.05, 0) is 12.8 Å². The first-order valence-corrected chi connectivity index (χ1v) is 6.77. The Morgan fingerprint density at radius 3 is 3.00 bits per heavy atom. The summed E-state index contributed by atoms with van der Waals surface area (Å²) in [5, 5.41) is 2.33. The molecule has 7 nitrogen and oxygen atoms in total. The Morgan fingerprint density at radius 1 is 1.41 bits per heavy atom. The van der Waals surface area contributed by atoms with Crippen LogP contribution in [-0.2, 0) is 4.74 Å². The van der Waals surface area contributed by atoms with Crippen LogP contribution in [0, 0.1) is 0 Å². The van der Waals surface area contributed by atoms with Gasteiger partial charge in [-0.3, -0.25) is 9.36 Å². The molecule has 0 aromatic carbocycles. The molecular weight excluding hydrogens is 303 g/mol. The van der Waals surface area contributed by atoms with Crippen molar-refractivity contribution in [2.24, 2.45) is 0 Å². The topological polar surface area (TPSA) is 84.8 Å². The monoisotopic (exact) mass is 317 g/mol. The molecule has 2 aromatic rings. The predicted molar refractivity (Wildman–Crippen MR) is 70.2 cm³/mol. The summed E-state index contributed by atoms with van der Waals surface area (Å²) in [6.45, 7) is -0.918. The molecule has 0 amide bonds. The highest BCUT2D eigenvalue weighted by Crippen LogP contribution is 2.29. The molecule has 0 saturated carbocycles. The summed E-state index contributed by atoms with van der Waals surface area (Å²) in [5.74, 6) is 0. The summed E-state index contributed by atoms with van der Waals surface area (Å²) in [4.78, 5) is 22.1. The molecule has 3 heterocycles. The van der Waals surface area contributed by atoms with Gasteiger partial charge >= 0.3 is 6.18 Å². The molecule has 2 atom stereocenters. The van der Waals surface area contributed by atoms with Crippen LogP contribution in [0.4, 0.5) is 13.2 Å². The number of halogens is 3. The minimum absolute atomic E-state index is 0.122. The van der Waals surface area contributed by atoms with Gasteiger partial charge in [0.05, 0.1) is 25.3 Å². The number of aromatic nitrogens is 4. The molecule has 1 aliphatic rings. The van der Waals surface area contributed by atoms with Crippen molar-refractivity contribution >= 4 is 11.2 Å². The fourth-order valence-electron chi connectivity index (χ4n) is 2.49. The summed E-state index contributed by atoms with van der Waals surface area (Å²) < 4.78 is 43.6. The van der Waals surface area contributed by atoms with Gasteiger partial charge in [0.25, 0.3) is 5.56 Å². The summed E-state index contributed by atoms with van der Waals surface area (Å²) in [7, 11) is 0. The number of alkyl halides is 3. The van der Waals surface area contributed by atoms with Crippen LogP contribution in [0.1, 0.15) is 19.1 Å².